The van der Waals surface area contributed by atoms with Crippen LogP contribution in [0.2, 0.25) is 0 Å². The lowest BCUT2D eigenvalue weighted by Gasteiger charge is -1.95. The van der Waals surface area contributed by atoms with Gasteiger partial charge in [-0.3, -0.25) is 4.79 Å². The van der Waals surface area contributed by atoms with Gasteiger partial charge in [0.05, 0.1) is 12.5 Å². The van der Waals surface area contributed by atoms with Crippen molar-refractivity contribution in [3.8, 4) is 17.9 Å². The maximum absolute atomic E-state index is 10.2. The van der Waals surface area contributed by atoms with Crippen molar-refractivity contribution in [3.63, 3.8) is 0 Å². The Morgan fingerprint density at radius 3 is 2.70 bits per heavy atom. The molecule has 1 atom stereocenters. The van der Waals surface area contributed by atoms with Gasteiger partial charge in [-0.1, -0.05) is 5.92 Å². The Hall–Kier alpha value is -1.48. The Kier molecular flexibility index (Phi) is 3.75. The predicted octanol–water partition coefficient (Wildman–Crippen LogP) is 0.624. The van der Waals surface area contributed by atoms with Crippen LogP contribution in [-0.4, -0.2) is 11.1 Å². The molecular formula is C7H7NO2. The van der Waals surface area contributed by atoms with Gasteiger partial charge >= 0.3 is 5.97 Å². The lowest BCUT2D eigenvalue weighted by Crippen LogP contribution is -2.10. The van der Waals surface area contributed by atoms with Crippen LogP contribution in [-0.2, 0) is 4.79 Å². The van der Waals surface area contributed by atoms with Crippen molar-refractivity contribution < 1.29 is 9.90 Å². The highest BCUT2D eigenvalue weighted by Gasteiger charge is 2.12. The molecule has 0 aromatic carbocycles. The molecule has 0 aromatic rings. The Labute approximate surface area is 59.3 Å². The lowest BCUT2D eigenvalue weighted by molar-refractivity contribution is -0.139. The molecule has 0 bridgehead atoms. The summed E-state index contributed by atoms with van der Waals surface area (Å²) >= 11 is 0. The van der Waals surface area contributed by atoms with Crippen molar-refractivity contribution in [1.82, 2.24) is 0 Å². The first kappa shape index (κ1) is 8.52. The molecular weight excluding hydrogens is 130 g/mol. The van der Waals surface area contributed by atoms with Gasteiger partial charge in [-0.15, -0.1) is 5.92 Å². The molecule has 3 heteroatoms. The second-order valence-corrected chi connectivity index (χ2v) is 1.65. The summed E-state index contributed by atoms with van der Waals surface area (Å²) in [6.45, 7) is 1.55. The monoisotopic (exact) mass is 137 g/mol. The molecule has 52 valence electrons. The summed E-state index contributed by atoms with van der Waals surface area (Å²) in [4.78, 5) is 10.2. The topological polar surface area (TPSA) is 61.1 Å². The van der Waals surface area contributed by atoms with Crippen molar-refractivity contribution in [2.24, 2.45) is 5.92 Å². The minimum Gasteiger partial charge on any atom is -0.480 e. The first-order valence-electron chi connectivity index (χ1n) is 2.74. The van der Waals surface area contributed by atoms with E-state index in [1.54, 1.807) is 13.0 Å². The molecule has 0 aliphatic carbocycles. The smallest absolute Gasteiger partial charge is 0.319 e. The largest absolute Gasteiger partial charge is 0.480 e. The molecule has 0 aliphatic rings. The minimum atomic E-state index is -1.03. The number of hydrogen-bond acceptors (Lipinski definition) is 2. The second-order valence-electron chi connectivity index (χ2n) is 1.65. The van der Waals surface area contributed by atoms with E-state index in [9.17, 15) is 4.79 Å². The highest BCUT2D eigenvalue weighted by atomic mass is 16.4. The molecule has 0 aromatic heterocycles. The highest BCUT2D eigenvalue weighted by Crippen LogP contribution is 1.99. The van der Waals surface area contributed by atoms with Gasteiger partial charge in [0.2, 0.25) is 0 Å². The standard InChI is InChI=1S/C7H7NO2/c1-2-3-6(4-5-8)7(9)10/h6H,4H2,1H3,(H,9,10). The quantitative estimate of drug-likeness (QED) is 0.567. The number of rotatable bonds is 2. The normalized spacial score (nSPS) is 10.4. The fourth-order valence-corrected chi connectivity index (χ4v) is 0.466. The summed E-state index contributed by atoms with van der Waals surface area (Å²) < 4.78 is 0. The van der Waals surface area contributed by atoms with Crippen LogP contribution in [0.15, 0.2) is 0 Å². The number of carboxylic acid groups (broad SMARTS) is 1. The van der Waals surface area contributed by atoms with E-state index in [2.05, 4.69) is 11.8 Å². The summed E-state index contributed by atoms with van der Waals surface area (Å²) in [5.74, 6) is 3.01. The average Bonchev–Trinajstić information content (AvgIpc) is 1.87. The minimum absolute atomic E-state index is 0.0455. The van der Waals surface area contributed by atoms with Crippen LogP contribution in [0.1, 0.15) is 13.3 Å². The van der Waals surface area contributed by atoms with E-state index < -0.39 is 11.9 Å². The molecule has 1 unspecified atom stereocenters. The molecule has 0 aliphatic heterocycles. The zero-order valence-corrected chi connectivity index (χ0v) is 5.59. The molecule has 0 rings (SSSR count). The maximum Gasteiger partial charge on any atom is 0.319 e. The third kappa shape index (κ3) is 2.74. The number of hydrogen-bond donors (Lipinski definition) is 1. The summed E-state index contributed by atoms with van der Waals surface area (Å²) in [5, 5.41) is 16.5. The van der Waals surface area contributed by atoms with Gasteiger partial charge in [-0.25, -0.2) is 0 Å². The third-order valence-electron chi connectivity index (χ3n) is 0.912. The SMILES string of the molecule is CC#CC(CC#N)C(=O)O. The van der Waals surface area contributed by atoms with E-state index in [1.165, 1.54) is 0 Å². The Bertz CT molecular complexity index is 216. The molecule has 1 N–H and O–H groups in total. The van der Waals surface area contributed by atoms with Gasteiger partial charge in [0.25, 0.3) is 0 Å². The molecule has 0 saturated carbocycles. The third-order valence-corrected chi connectivity index (χ3v) is 0.912. The van der Waals surface area contributed by atoms with Gasteiger partial charge < -0.3 is 5.11 Å². The molecule has 0 saturated heterocycles. The van der Waals surface area contributed by atoms with E-state index in [-0.39, 0.29) is 6.42 Å². The van der Waals surface area contributed by atoms with Gasteiger partial charge in [-0.2, -0.15) is 5.26 Å². The zero-order chi connectivity index (χ0) is 7.98. The maximum atomic E-state index is 10.2. The van der Waals surface area contributed by atoms with Crippen molar-refractivity contribution >= 4 is 5.97 Å². The fraction of sp³-hybridized carbons (Fsp3) is 0.429. The van der Waals surface area contributed by atoms with Crippen LogP contribution in [0, 0.1) is 29.1 Å². The van der Waals surface area contributed by atoms with Gasteiger partial charge in [-0.05, 0) is 6.92 Å². The Morgan fingerprint density at radius 1 is 1.80 bits per heavy atom. The van der Waals surface area contributed by atoms with Gasteiger partial charge in [0, 0.05) is 0 Å². The van der Waals surface area contributed by atoms with Crippen LogP contribution in [0.5, 0.6) is 0 Å². The summed E-state index contributed by atoms with van der Waals surface area (Å²) in [6, 6.07) is 1.75. The Morgan fingerprint density at radius 2 is 2.40 bits per heavy atom. The van der Waals surface area contributed by atoms with Crippen molar-refractivity contribution in [2.45, 2.75) is 13.3 Å². The van der Waals surface area contributed by atoms with Crippen molar-refractivity contribution in [3.05, 3.63) is 0 Å². The van der Waals surface area contributed by atoms with E-state index in [1.807, 2.05) is 0 Å². The summed E-state index contributed by atoms with van der Waals surface area (Å²) in [6.07, 6.45) is -0.0455. The molecule has 0 fully saturated rings. The van der Waals surface area contributed by atoms with Crippen molar-refractivity contribution in [1.29, 1.82) is 5.26 Å². The van der Waals surface area contributed by atoms with Crippen LogP contribution in [0.25, 0.3) is 0 Å². The van der Waals surface area contributed by atoms with Crippen molar-refractivity contribution in [2.75, 3.05) is 0 Å². The number of aliphatic carboxylic acids is 1. The fourth-order valence-electron chi connectivity index (χ4n) is 0.466. The number of nitriles is 1. The van der Waals surface area contributed by atoms with E-state index in [4.69, 9.17) is 10.4 Å². The molecule has 0 amide bonds. The first-order valence-corrected chi connectivity index (χ1v) is 2.74. The average molecular weight is 137 g/mol. The van der Waals surface area contributed by atoms with E-state index in [0.717, 1.165) is 0 Å². The van der Waals surface area contributed by atoms with Crippen LogP contribution in [0.3, 0.4) is 0 Å². The molecule has 0 heterocycles. The zero-order valence-electron chi connectivity index (χ0n) is 5.59. The van der Waals surface area contributed by atoms with E-state index in [0.29, 0.717) is 0 Å². The lowest BCUT2D eigenvalue weighted by atomic mass is 10.1. The van der Waals surface area contributed by atoms with Crippen LogP contribution >= 0.6 is 0 Å². The van der Waals surface area contributed by atoms with Gasteiger partial charge in [0.15, 0.2) is 0 Å². The van der Waals surface area contributed by atoms with Crippen LogP contribution in [0.4, 0.5) is 0 Å². The number of carbonyl (C=O) groups is 1. The first-order chi connectivity index (χ1) is 4.72. The molecule has 0 spiro atoms. The summed E-state index contributed by atoms with van der Waals surface area (Å²) in [5.41, 5.74) is 0. The van der Waals surface area contributed by atoms with Crippen LogP contribution < -0.4 is 0 Å². The molecule has 10 heavy (non-hydrogen) atoms. The Balaban J connectivity index is 4.10. The number of nitrogens with zero attached hydrogens (tertiary/aromatic N) is 1. The summed E-state index contributed by atoms with van der Waals surface area (Å²) in [7, 11) is 0. The number of carboxylic acids is 1. The second kappa shape index (κ2) is 4.40. The van der Waals surface area contributed by atoms with Gasteiger partial charge in [0.1, 0.15) is 5.92 Å². The molecule has 0 radical (unpaired) electrons. The highest BCUT2D eigenvalue weighted by molar-refractivity contribution is 5.73. The van der Waals surface area contributed by atoms with E-state index >= 15 is 0 Å². The molecule has 3 nitrogen and oxygen atoms in total. The predicted molar refractivity (Wildman–Crippen MR) is 34.8 cm³/mol.